The Kier molecular flexibility index (Phi) is 6.48. The molecule has 3 aromatic heterocycles. The van der Waals surface area contributed by atoms with Crippen molar-refractivity contribution in [2.24, 2.45) is 5.41 Å². The predicted molar refractivity (Wildman–Crippen MR) is 191 cm³/mol. The van der Waals surface area contributed by atoms with Gasteiger partial charge in [0.15, 0.2) is 0 Å². The fourth-order valence-corrected chi connectivity index (χ4v) is 6.15. The fraction of sp³-hybridized carbons (Fsp3) is 0.256. The number of aryl methyl sites for hydroxylation is 3. The van der Waals surface area contributed by atoms with Crippen molar-refractivity contribution in [3.05, 3.63) is 132 Å². The number of furan rings is 1. The molecule has 1 aliphatic carbocycles. The Hall–Kier alpha value is -4.11. The Morgan fingerprint density at radius 2 is 1.64 bits per heavy atom. The molecule has 0 unspecified atom stereocenters. The van der Waals surface area contributed by atoms with Crippen molar-refractivity contribution in [3.63, 3.8) is 0 Å². The van der Waals surface area contributed by atoms with Crippen molar-refractivity contribution in [1.82, 2.24) is 9.97 Å². The molecular weight excluding hydrogens is 753 g/mol. The average molecular weight is 803 g/mol. The van der Waals surface area contributed by atoms with Gasteiger partial charge in [-0.3, -0.25) is 0 Å². The molecule has 239 valence electrons. The second-order valence-corrected chi connectivity index (χ2v) is 12.7. The van der Waals surface area contributed by atoms with Crippen molar-refractivity contribution in [2.45, 2.75) is 66.0 Å². The molecule has 0 saturated heterocycles. The number of hydrogen-bond donors (Lipinski definition) is 0. The van der Waals surface area contributed by atoms with E-state index < -0.39 is 26.4 Å². The molecule has 0 aliphatic heterocycles. The zero-order chi connectivity index (χ0) is 40.3. The summed E-state index contributed by atoms with van der Waals surface area (Å²) in [4.78, 5) is 8.67. The standard InChI is InChI=1S/C29H26NO.C14H14N.Ir/c1-29(2)15-12-19(13-16-29)21-14-17-30-26(18-21)25-9-5-8-23-24-11-10-20-6-3-4-7-22(20)27(24)31-28(23)25;1-10-4-6-13(7-5-10)14-8-11(2)12(3)9-15-14;/h3-8,10-11,14,17-19H,12-13,15-16H2,1-2H3;4-6,8-9H,1-3H3;/q2*-1;/i19D;1D3,2D3,3D3;. The van der Waals surface area contributed by atoms with Gasteiger partial charge in [0.1, 0.15) is 5.58 Å². The maximum Gasteiger partial charge on any atom is 0.128 e. The van der Waals surface area contributed by atoms with Crippen LogP contribution in [-0.2, 0) is 20.1 Å². The molecule has 1 fully saturated rings. The van der Waals surface area contributed by atoms with Gasteiger partial charge in [-0.2, -0.15) is 0 Å². The maximum atomic E-state index is 9.18. The molecule has 0 atom stereocenters. The first-order valence-corrected chi connectivity index (χ1v) is 15.5. The third-order valence-electron chi connectivity index (χ3n) is 8.95. The van der Waals surface area contributed by atoms with Gasteiger partial charge >= 0.3 is 0 Å². The summed E-state index contributed by atoms with van der Waals surface area (Å²) in [6, 6.07) is 32.2. The second kappa shape index (κ2) is 13.6. The Bertz CT molecular complexity index is 2550. The van der Waals surface area contributed by atoms with Crippen LogP contribution in [0.4, 0.5) is 0 Å². The molecule has 1 aliphatic rings. The Balaban J connectivity index is 0.000000198. The average Bonchev–Trinajstić information content (AvgIpc) is 3.55. The molecule has 7 aromatic rings. The molecule has 0 spiro atoms. The van der Waals surface area contributed by atoms with Gasteiger partial charge in [-0.25, -0.2) is 0 Å². The van der Waals surface area contributed by atoms with Gasteiger partial charge in [0.2, 0.25) is 0 Å². The molecule has 3 heterocycles. The van der Waals surface area contributed by atoms with Crippen molar-refractivity contribution in [2.75, 3.05) is 0 Å². The van der Waals surface area contributed by atoms with E-state index in [1.165, 1.54) is 29.7 Å². The number of hydrogen-bond acceptors (Lipinski definition) is 3. The molecule has 4 aromatic carbocycles. The summed E-state index contributed by atoms with van der Waals surface area (Å²) in [6.07, 6.45) is 6.78. The SMILES string of the molecule is [2H]C([2H])([2H])c1c[c-]c(-c2cc(C([2H])([2H])[2H])c(C([2H])([2H])[2H])cn2)cc1.[2H]C1(c2ccnc(-c3[c-]ccc4c3oc3c5ccccc5ccc43)c2)CCC(C)(C)CC1.[Ir]. The quantitative estimate of drug-likeness (QED) is 0.167. The van der Waals surface area contributed by atoms with Crippen LogP contribution in [0.1, 0.15) is 81.4 Å². The van der Waals surface area contributed by atoms with Crippen LogP contribution in [0.5, 0.6) is 0 Å². The smallest absolute Gasteiger partial charge is 0.128 e. The van der Waals surface area contributed by atoms with Crippen LogP contribution >= 0.6 is 0 Å². The predicted octanol–water partition coefficient (Wildman–Crippen LogP) is 11.8. The molecule has 3 nitrogen and oxygen atoms in total. The van der Waals surface area contributed by atoms with E-state index in [4.69, 9.17) is 16.8 Å². The summed E-state index contributed by atoms with van der Waals surface area (Å²) < 4.78 is 82.5. The van der Waals surface area contributed by atoms with Crippen molar-refractivity contribution >= 4 is 32.7 Å². The van der Waals surface area contributed by atoms with Crippen molar-refractivity contribution in [3.8, 4) is 22.5 Å². The minimum Gasteiger partial charge on any atom is -0.500 e. The number of rotatable bonds is 3. The summed E-state index contributed by atoms with van der Waals surface area (Å²) >= 11 is 0. The normalized spacial score (nSPS) is 19.1. The van der Waals surface area contributed by atoms with Crippen LogP contribution < -0.4 is 0 Å². The molecule has 1 saturated carbocycles. The van der Waals surface area contributed by atoms with E-state index in [9.17, 15) is 1.37 Å². The summed E-state index contributed by atoms with van der Waals surface area (Å²) in [5.41, 5.74) is 4.84. The van der Waals surface area contributed by atoms with Crippen molar-refractivity contribution < 1.29 is 38.2 Å². The molecule has 0 N–H and O–H groups in total. The van der Waals surface area contributed by atoms with Gasteiger partial charge < -0.3 is 14.4 Å². The van der Waals surface area contributed by atoms with Gasteiger partial charge in [-0.15, -0.1) is 53.6 Å². The molecule has 0 bridgehead atoms. The van der Waals surface area contributed by atoms with Gasteiger partial charge in [0.25, 0.3) is 0 Å². The molecular formula is C43H40IrN2O-2. The fourth-order valence-electron chi connectivity index (χ4n) is 6.15. The summed E-state index contributed by atoms with van der Waals surface area (Å²) in [5, 5.41) is 4.47. The van der Waals surface area contributed by atoms with E-state index in [1.807, 2.05) is 24.4 Å². The van der Waals surface area contributed by atoms with Crippen LogP contribution in [0.25, 0.3) is 55.2 Å². The first-order chi connectivity index (χ1) is 26.2. The first-order valence-electron chi connectivity index (χ1n) is 20.5. The van der Waals surface area contributed by atoms with Crippen LogP contribution in [0.2, 0.25) is 0 Å². The number of fused-ring (bicyclic) bond motifs is 5. The molecule has 47 heavy (non-hydrogen) atoms. The minimum atomic E-state index is -2.61. The zero-order valence-corrected chi connectivity index (χ0v) is 28.6. The van der Waals surface area contributed by atoms with Crippen LogP contribution in [0.3, 0.4) is 0 Å². The summed E-state index contributed by atoms with van der Waals surface area (Å²) in [7, 11) is 0. The second-order valence-electron chi connectivity index (χ2n) is 12.7. The summed E-state index contributed by atoms with van der Waals surface area (Å²) in [5.74, 6) is -0.550. The van der Waals surface area contributed by atoms with Gasteiger partial charge in [-0.05, 0) is 79.1 Å². The Labute approximate surface area is 305 Å². The maximum absolute atomic E-state index is 9.18. The van der Waals surface area contributed by atoms with E-state index in [-0.39, 0.29) is 42.5 Å². The Morgan fingerprint density at radius 3 is 2.43 bits per heavy atom. The first kappa shape index (κ1) is 22.5. The van der Waals surface area contributed by atoms with Crippen molar-refractivity contribution in [1.29, 1.82) is 0 Å². The summed E-state index contributed by atoms with van der Waals surface area (Å²) in [6.45, 7) is -2.85. The third-order valence-corrected chi connectivity index (χ3v) is 8.95. The van der Waals surface area contributed by atoms with E-state index in [0.717, 1.165) is 76.0 Å². The van der Waals surface area contributed by atoms with Crippen LogP contribution in [0, 0.1) is 38.1 Å². The number of nitrogens with zero attached hydrogens (tertiary/aromatic N) is 2. The topological polar surface area (TPSA) is 38.9 Å². The van der Waals surface area contributed by atoms with E-state index in [1.54, 1.807) is 0 Å². The van der Waals surface area contributed by atoms with E-state index in [0.29, 0.717) is 11.0 Å². The van der Waals surface area contributed by atoms with Gasteiger partial charge in [0, 0.05) is 57.0 Å². The van der Waals surface area contributed by atoms with E-state index in [2.05, 4.69) is 78.4 Å². The van der Waals surface area contributed by atoms with Gasteiger partial charge in [-0.1, -0.05) is 91.3 Å². The number of benzene rings is 4. The van der Waals surface area contributed by atoms with E-state index >= 15 is 0 Å². The van der Waals surface area contributed by atoms with Crippen LogP contribution in [-0.4, -0.2) is 9.97 Å². The van der Waals surface area contributed by atoms with Gasteiger partial charge in [0.05, 0.1) is 5.58 Å². The third kappa shape index (κ3) is 6.82. The molecule has 1 radical (unpaired) electrons. The molecule has 0 amide bonds. The number of pyridine rings is 2. The monoisotopic (exact) mass is 803 g/mol. The van der Waals surface area contributed by atoms with Crippen LogP contribution in [0.15, 0.2) is 102 Å². The minimum absolute atomic E-state index is 0. The number of aromatic nitrogens is 2. The molecule has 8 rings (SSSR count). The molecule has 4 heteroatoms. The largest absolute Gasteiger partial charge is 0.500 e. The zero-order valence-electron chi connectivity index (χ0n) is 36.2. The Morgan fingerprint density at radius 1 is 0.809 bits per heavy atom.